The molecule has 0 aromatic heterocycles. The van der Waals surface area contributed by atoms with Gasteiger partial charge in [-0.15, -0.1) is 0 Å². The minimum atomic E-state index is -0.911. The summed E-state index contributed by atoms with van der Waals surface area (Å²) >= 11 is 0. The molecule has 2 N–H and O–H groups in total. The maximum absolute atomic E-state index is 12.0. The van der Waals surface area contributed by atoms with Crippen LogP contribution in [-0.4, -0.2) is 41.1 Å². The van der Waals surface area contributed by atoms with E-state index in [1.165, 1.54) is 4.90 Å². The molecule has 1 rings (SSSR count). The molecule has 1 saturated heterocycles. The molecule has 2 amide bonds. The fourth-order valence-electron chi connectivity index (χ4n) is 1.88. The van der Waals surface area contributed by atoms with E-state index < -0.39 is 12.0 Å². The molecule has 1 atom stereocenters. The van der Waals surface area contributed by atoms with E-state index in [1.54, 1.807) is 0 Å². The molecule has 1 fully saturated rings. The molecule has 0 aromatic carbocycles. The largest absolute Gasteiger partial charge is 0.480 e. The van der Waals surface area contributed by atoms with Crippen LogP contribution in [0, 0.1) is 11.3 Å². The van der Waals surface area contributed by atoms with E-state index >= 15 is 0 Å². The molecule has 0 bridgehead atoms. The fourth-order valence-corrected chi connectivity index (χ4v) is 1.88. The predicted octanol–water partition coefficient (Wildman–Crippen LogP) is 1.93. The molecule has 5 heteroatoms. The average Bonchev–Trinajstić information content (AvgIpc) is 2.74. The highest BCUT2D eigenvalue weighted by Crippen LogP contribution is 2.25. The van der Waals surface area contributed by atoms with E-state index in [-0.39, 0.29) is 11.4 Å². The summed E-state index contributed by atoms with van der Waals surface area (Å²) in [6, 6.07) is -0.916. The second-order valence-electron chi connectivity index (χ2n) is 5.99. The Morgan fingerprint density at radius 1 is 1.44 bits per heavy atom. The molecule has 1 heterocycles. The topological polar surface area (TPSA) is 69.6 Å². The van der Waals surface area contributed by atoms with Gasteiger partial charge in [-0.25, -0.2) is 9.59 Å². The highest BCUT2D eigenvalue weighted by molar-refractivity contribution is 5.83. The number of likely N-dealkylation sites (tertiary alicyclic amines) is 1. The van der Waals surface area contributed by atoms with Crippen LogP contribution >= 0.6 is 0 Å². The van der Waals surface area contributed by atoms with Crippen LogP contribution in [0.5, 0.6) is 0 Å². The van der Waals surface area contributed by atoms with Crippen molar-refractivity contribution in [3.63, 3.8) is 0 Å². The average molecular weight is 256 g/mol. The monoisotopic (exact) mass is 256 g/mol. The highest BCUT2D eigenvalue weighted by Gasteiger charge is 2.34. The van der Waals surface area contributed by atoms with Crippen LogP contribution in [0.4, 0.5) is 4.79 Å². The zero-order valence-corrected chi connectivity index (χ0v) is 11.7. The molecular weight excluding hydrogens is 232 g/mol. The molecule has 1 aliphatic rings. The van der Waals surface area contributed by atoms with Gasteiger partial charge in [-0.3, -0.25) is 0 Å². The van der Waals surface area contributed by atoms with Crippen LogP contribution in [0.3, 0.4) is 0 Å². The van der Waals surface area contributed by atoms with Gasteiger partial charge >= 0.3 is 12.0 Å². The van der Waals surface area contributed by atoms with Gasteiger partial charge in [0.25, 0.3) is 0 Å². The molecule has 1 aliphatic heterocycles. The number of nitrogens with one attached hydrogen (secondary N) is 1. The van der Waals surface area contributed by atoms with Gasteiger partial charge in [0.15, 0.2) is 0 Å². The van der Waals surface area contributed by atoms with Crippen LogP contribution in [0.15, 0.2) is 0 Å². The van der Waals surface area contributed by atoms with Crippen molar-refractivity contribution in [1.29, 1.82) is 0 Å². The number of carboxylic acid groups (broad SMARTS) is 1. The summed E-state index contributed by atoms with van der Waals surface area (Å²) < 4.78 is 0. The molecule has 0 saturated carbocycles. The smallest absolute Gasteiger partial charge is 0.326 e. The number of rotatable bonds is 4. The van der Waals surface area contributed by atoms with Gasteiger partial charge in [0, 0.05) is 13.1 Å². The first-order chi connectivity index (χ1) is 8.25. The van der Waals surface area contributed by atoms with Crippen molar-refractivity contribution in [2.24, 2.45) is 11.3 Å². The zero-order chi connectivity index (χ0) is 13.9. The third kappa shape index (κ3) is 3.37. The molecule has 0 unspecified atom stereocenters. The van der Waals surface area contributed by atoms with Gasteiger partial charge in [-0.2, -0.15) is 0 Å². The van der Waals surface area contributed by atoms with E-state index in [2.05, 4.69) is 33.0 Å². The van der Waals surface area contributed by atoms with Gasteiger partial charge in [0.1, 0.15) is 6.04 Å². The van der Waals surface area contributed by atoms with Crippen molar-refractivity contribution in [2.45, 2.75) is 46.6 Å². The van der Waals surface area contributed by atoms with Gasteiger partial charge in [-0.05, 0) is 24.2 Å². The lowest BCUT2D eigenvalue weighted by Gasteiger charge is -2.31. The first-order valence-electron chi connectivity index (χ1n) is 6.53. The van der Waals surface area contributed by atoms with E-state index in [1.807, 2.05) is 0 Å². The van der Waals surface area contributed by atoms with Crippen LogP contribution in [-0.2, 0) is 4.79 Å². The Morgan fingerprint density at radius 3 is 2.56 bits per heavy atom. The van der Waals surface area contributed by atoms with Crippen molar-refractivity contribution in [1.82, 2.24) is 10.2 Å². The number of hydrogen-bond donors (Lipinski definition) is 2. The quantitative estimate of drug-likeness (QED) is 0.807. The number of aliphatic carboxylic acids is 1. The first kappa shape index (κ1) is 14.8. The van der Waals surface area contributed by atoms with Gasteiger partial charge in [0.2, 0.25) is 0 Å². The summed E-state index contributed by atoms with van der Waals surface area (Å²) in [7, 11) is 0. The van der Waals surface area contributed by atoms with E-state index in [0.29, 0.717) is 25.4 Å². The molecule has 0 spiro atoms. The normalized spacial score (nSPS) is 20.3. The number of carboxylic acids is 1. The molecule has 0 radical (unpaired) electrons. The molecule has 18 heavy (non-hydrogen) atoms. The lowest BCUT2D eigenvalue weighted by Crippen LogP contribution is -2.48. The standard InChI is InChI=1S/C13H24N2O3/c1-9(2)13(3,4)8-14-12(18)15-7-5-6-10(15)11(16)17/h9-10H,5-8H2,1-4H3,(H,14,18)(H,16,17)/t10-/m0/s1. The summed E-state index contributed by atoms with van der Waals surface area (Å²) in [5.74, 6) is -0.461. The van der Waals surface area contributed by atoms with Crippen LogP contribution in [0.1, 0.15) is 40.5 Å². The SMILES string of the molecule is CC(C)C(C)(C)CNC(=O)N1CCC[C@H]1C(=O)O. The number of amides is 2. The summed E-state index contributed by atoms with van der Waals surface area (Å²) in [6.07, 6.45) is 1.31. The van der Waals surface area contributed by atoms with Gasteiger partial charge in [-0.1, -0.05) is 27.7 Å². The third-order valence-corrected chi connectivity index (χ3v) is 4.06. The lowest BCUT2D eigenvalue weighted by molar-refractivity contribution is -0.141. The van der Waals surface area contributed by atoms with Crippen molar-refractivity contribution in [2.75, 3.05) is 13.1 Å². The van der Waals surface area contributed by atoms with Crippen molar-refractivity contribution in [3.05, 3.63) is 0 Å². The molecule has 0 aromatic rings. The Labute approximate surface area is 109 Å². The summed E-state index contributed by atoms with van der Waals surface area (Å²) in [6.45, 7) is 9.51. The van der Waals surface area contributed by atoms with Gasteiger partial charge < -0.3 is 15.3 Å². The predicted molar refractivity (Wildman–Crippen MR) is 69.4 cm³/mol. The van der Waals surface area contributed by atoms with Crippen molar-refractivity contribution in [3.8, 4) is 0 Å². The highest BCUT2D eigenvalue weighted by atomic mass is 16.4. The maximum atomic E-state index is 12.0. The fraction of sp³-hybridized carbons (Fsp3) is 0.846. The van der Waals surface area contributed by atoms with Crippen LogP contribution in [0.2, 0.25) is 0 Å². The maximum Gasteiger partial charge on any atom is 0.326 e. The summed E-state index contributed by atoms with van der Waals surface area (Å²) in [5, 5.41) is 11.9. The number of urea groups is 1. The third-order valence-electron chi connectivity index (χ3n) is 4.06. The Morgan fingerprint density at radius 2 is 2.06 bits per heavy atom. The van der Waals surface area contributed by atoms with E-state index in [0.717, 1.165) is 6.42 Å². The molecule has 5 nitrogen and oxygen atoms in total. The second kappa shape index (κ2) is 5.59. The van der Waals surface area contributed by atoms with Crippen molar-refractivity contribution >= 4 is 12.0 Å². The minimum absolute atomic E-state index is 0.00804. The Balaban J connectivity index is 2.53. The van der Waals surface area contributed by atoms with Crippen LogP contribution < -0.4 is 5.32 Å². The molecule has 0 aliphatic carbocycles. The first-order valence-corrected chi connectivity index (χ1v) is 6.53. The lowest BCUT2D eigenvalue weighted by atomic mass is 9.81. The minimum Gasteiger partial charge on any atom is -0.480 e. The van der Waals surface area contributed by atoms with Crippen molar-refractivity contribution < 1.29 is 14.7 Å². The van der Waals surface area contributed by atoms with E-state index in [9.17, 15) is 9.59 Å². The Kier molecular flexibility index (Phi) is 4.59. The zero-order valence-electron chi connectivity index (χ0n) is 11.7. The number of hydrogen-bond acceptors (Lipinski definition) is 2. The van der Waals surface area contributed by atoms with Crippen LogP contribution in [0.25, 0.3) is 0 Å². The number of carbonyl (C=O) groups is 2. The molecular formula is C13H24N2O3. The van der Waals surface area contributed by atoms with Gasteiger partial charge in [0.05, 0.1) is 0 Å². The summed E-state index contributed by atoms with van der Waals surface area (Å²) in [5.41, 5.74) is 0.00804. The summed E-state index contributed by atoms with van der Waals surface area (Å²) in [4.78, 5) is 24.4. The second-order valence-corrected chi connectivity index (χ2v) is 5.99. The Bertz CT molecular complexity index is 326. The van der Waals surface area contributed by atoms with E-state index in [4.69, 9.17) is 5.11 Å². The number of nitrogens with zero attached hydrogens (tertiary/aromatic N) is 1. The molecule has 104 valence electrons. The number of carbonyl (C=O) groups excluding carboxylic acids is 1. The Hall–Kier alpha value is -1.26.